The molecule has 0 unspecified atom stereocenters. The molecule has 0 aliphatic rings. The van der Waals surface area contributed by atoms with Crippen LogP contribution in [0, 0.1) is 6.92 Å². The summed E-state index contributed by atoms with van der Waals surface area (Å²) in [7, 11) is 1.68. The monoisotopic (exact) mass is 249 g/mol. The van der Waals surface area contributed by atoms with Gasteiger partial charge in [-0.1, -0.05) is 36.4 Å². The third-order valence-corrected chi connectivity index (χ3v) is 3.40. The first-order chi connectivity index (χ1) is 9.29. The Labute approximate surface area is 112 Å². The molecule has 1 aromatic heterocycles. The second-order valence-electron chi connectivity index (χ2n) is 4.53. The number of pyridine rings is 1. The van der Waals surface area contributed by atoms with E-state index in [1.807, 2.05) is 25.3 Å². The Morgan fingerprint density at radius 2 is 1.58 bits per heavy atom. The summed E-state index contributed by atoms with van der Waals surface area (Å²) in [4.78, 5) is 4.49. The summed E-state index contributed by atoms with van der Waals surface area (Å²) in [6.45, 7) is 2.04. The van der Waals surface area contributed by atoms with Crippen molar-refractivity contribution in [3.63, 3.8) is 0 Å². The van der Waals surface area contributed by atoms with E-state index in [0.717, 1.165) is 22.6 Å². The molecule has 94 valence electrons. The maximum Gasteiger partial charge on any atom is 0.118 e. The van der Waals surface area contributed by atoms with Crippen molar-refractivity contribution in [2.45, 2.75) is 6.92 Å². The van der Waals surface area contributed by atoms with Gasteiger partial charge in [0.15, 0.2) is 0 Å². The predicted molar refractivity (Wildman–Crippen MR) is 78.5 cm³/mol. The number of hydrogen-bond donors (Lipinski definition) is 0. The van der Waals surface area contributed by atoms with E-state index >= 15 is 0 Å². The molecule has 1 heterocycles. The van der Waals surface area contributed by atoms with Gasteiger partial charge in [0.05, 0.1) is 7.11 Å². The van der Waals surface area contributed by atoms with Gasteiger partial charge in [-0.25, -0.2) is 0 Å². The van der Waals surface area contributed by atoms with Gasteiger partial charge in [-0.05, 0) is 30.0 Å². The lowest BCUT2D eigenvalue weighted by molar-refractivity contribution is 0.415. The zero-order valence-corrected chi connectivity index (χ0v) is 11.1. The summed E-state index contributed by atoms with van der Waals surface area (Å²) in [5.74, 6) is 0.869. The Morgan fingerprint density at radius 3 is 2.26 bits per heavy atom. The Morgan fingerprint density at radius 1 is 0.895 bits per heavy atom. The lowest BCUT2D eigenvalue weighted by Gasteiger charge is -2.09. The molecule has 2 nitrogen and oxygen atoms in total. The fraction of sp³-hybridized carbons (Fsp3) is 0.118. The number of benzene rings is 2. The Balaban J connectivity index is 2.21. The Bertz CT molecular complexity index is 717. The third-order valence-electron chi connectivity index (χ3n) is 3.40. The SMILES string of the molecule is COc1ccc(-c2cnc(C)c3ccccc23)cc1. The van der Waals surface area contributed by atoms with Crippen molar-refractivity contribution >= 4 is 10.8 Å². The van der Waals surface area contributed by atoms with Crippen LogP contribution in [0.4, 0.5) is 0 Å². The zero-order chi connectivity index (χ0) is 13.2. The highest BCUT2D eigenvalue weighted by Gasteiger charge is 2.06. The van der Waals surface area contributed by atoms with Crippen LogP contribution in [0.25, 0.3) is 21.9 Å². The average molecular weight is 249 g/mol. The highest BCUT2D eigenvalue weighted by Crippen LogP contribution is 2.30. The number of hydrogen-bond acceptors (Lipinski definition) is 2. The standard InChI is InChI=1S/C17H15NO/c1-12-15-5-3-4-6-16(15)17(11-18-12)13-7-9-14(19-2)10-8-13/h3-11H,1-2H3. The lowest BCUT2D eigenvalue weighted by atomic mass is 9.99. The molecule has 0 saturated carbocycles. The molecule has 0 fully saturated rings. The van der Waals surface area contributed by atoms with E-state index in [2.05, 4.69) is 41.4 Å². The fourth-order valence-electron chi connectivity index (χ4n) is 2.33. The molecule has 0 aliphatic heterocycles. The van der Waals surface area contributed by atoms with Gasteiger partial charge in [0.2, 0.25) is 0 Å². The number of methoxy groups -OCH3 is 1. The van der Waals surface area contributed by atoms with Crippen LogP contribution in [0.3, 0.4) is 0 Å². The van der Waals surface area contributed by atoms with Crippen LogP contribution >= 0.6 is 0 Å². The molecule has 0 bridgehead atoms. The topological polar surface area (TPSA) is 22.1 Å². The highest BCUT2D eigenvalue weighted by atomic mass is 16.5. The van der Waals surface area contributed by atoms with E-state index < -0.39 is 0 Å². The first-order valence-electron chi connectivity index (χ1n) is 6.28. The van der Waals surface area contributed by atoms with Crippen molar-refractivity contribution in [3.05, 3.63) is 60.4 Å². The van der Waals surface area contributed by atoms with Gasteiger partial charge < -0.3 is 4.74 Å². The second-order valence-corrected chi connectivity index (χ2v) is 4.53. The second kappa shape index (κ2) is 4.73. The Kier molecular flexibility index (Phi) is 2.92. The van der Waals surface area contributed by atoms with E-state index in [1.54, 1.807) is 7.11 Å². The molecule has 0 aliphatic carbocycles. The van der Waals surface area contributed by atoms with Crippen molar-refractivity contribution < 1.29 is 4.74 Å². The Hall–Kier alpha value is -2.35. The number of aryl methyl sites for hydroxylation is 1. The summed E-state index contributed by atoms with van der Waals surface area (Å²) in [5, 5.41) is 2.44. The molecule has 2 heteroatoms. The summed E-state index contributed by atoms with van der Waals surface area (Å²) in [6.07, 6.45) is 1.94. The van der Waals surface area contributed by atoms with Crippen molar-refractivity contribution in [3.8, 4) is 16.9 Å². The van der Waals surface area contributed by atoms with Crippen molar-refractivity contribution in [2.75, 3.05) is 7.11 Å². The first-order valence-corrected chi connectivity index (χ1v) is 6.28. The minimum atomic E-state index is 0.869. The van der Waals surface area contributed by atoms with Gasteiger partial charge in [-0.2, -0.15) is 0 Å². The molecular weight excluding hydrogens is 234 g/mol. The van der Waals surface area contributed by atoms with Crippen LogP contribution in [-0.2, 0) is 0 Å². The van der Waals surface area contributed by atoms with E-state index in [0.29, 0.717) is 0 Å². The van der Waals surface area contributed by atoms with E-state index in [4.69, 9.17) is 4.74 Å². The predicted octanol–water partition coefficient (Wildman–Crippen LogP) is 4.22. The van der Waals surface area contributed by atoms with Gasteiger partial charge in [0.1, 0.15) is 5.75 Å². The van der Waals surface area contributed by atoms with Crippen LogP contribution in [0.2, 0.25) is 0 Å². The van der Waals surface area contributed by atoms with E-state index in [1.165, 1.54) is 10.8 Å². The van der Waals surface area contributed by atoms with Gasteiger partial charge in [-0.15, -0.1) is 0 Å². The average Bonchev–Trinajstić information content (AvgIpc) is 2.48. The van der Waals surface area contributed by atoms with Crippen molar-refractivity contribution in [1.29, 1.82) is 0 Å². The lowest BCUT2D eigenvalue weighted by Crippen LogP contribution is -1.88. The van der Waals surface area contributed by atoms with Crippen LogP contribution < -0.4 is 4.74 Å². The summed E-state index contributed by atoms with van der Waals surface area (Å²) in [6, 6.07) is 16.5. The minimum Gasteiger partial charge on any atom is -0.497 e. The molecular formula is C17H15NO. The zero-order valence-electron chi connectivity index (χ0n) is 11.1. The number of aromatic nitrogens is 1. The molecule has 19 heavy (non-hydrogen) atoms. The molecule has 0 atom stereocenters. The third kappa shape index (κ3) is 2.06. The van der Waals surface area contributed by atoms with Crippen LogP contribution in [0.5, 0.6) is 5.75 Å². The molecule has 0 amide bonds. The van der Waals surface area contributed by atoms with Crippen LogP contribution in [0.15, 0.2) is 54.7 Å². The van der Waals surface area contributed by atoms with Gasteiger partial charge in [-0.3, -0.25) is 4.98 Å². The molecule has 3 aromatic rings. The highest BCUT2D eigenvalue weighted by molar-refractivity contribution is 5.97. The molecule has 0 radical (unpaired) electrons. The molecule has 0 saturated heterocycles. The number of rotatable bonds is 2. The maximum absolute atomic E-state index is 5.20. The van der Waals surface area contributed by atoms with Gasteiger partial charge in [0.25, 0.3) is 0 Å². The van der Waals surface area contributed by atoms with Gasteiger partial charge in [0, 0.05) is 22.8 Å². The van der Waals surface area contributed by atoms with Crippen molar-refractivity contribution in [2.24, 2.45) is 0 Å². The molecule has 0 N–H and O–H groups in total. The molecule has 3 rings (SSSR count). The van der Waals surface area contributed by atoms with E-state index in [9.17, 15) is 0 Å². The maximum atomic E-state index is 5.20. The normalized spacial score (nSPS) is 10.6. The quantitative estimate of drug-likeness (QED) is 0.678. The van der Waals surface area contributed by atoms with Crippen LogP contribution in [0.1, 0.15) is 5.69 Å². The smallest absolute Gasteiger partial charge is 0.118 e. The molecule has 0 spiro atoms. The van der Waals surface area contributed by atoms with Gasteiger partial charge >= 0.3 is 0 Å². The summed E-state index contributed by atoms with van der Waals surface area (Å²) in [5.41, 5.74) is 3.38. The number of nitrogens with zero attached hydrogens (tertiary/aromatic N) is 1. The van der Waals surface area contributed by atoms with Crippen LogP contribution in [-0.4, -0.2) is 12.1 Å². The first kappa shape index (κ1) is 11.7. The molecule has 2 aromatic carbocycles. The minimum absolute atomic E-state index is 0.869. The number of fused-ring (bicyclic) bond motifs is 1. The van der Waals surface area contributed by atoms with Crippen molar-refractivity contribution in [1.82, 2.24) is 4.98 Å². The number of ether oxygens (including phenoxy) is 1. The van der Waals surface area contributed by atoms with E-state index in [-0.39, 0.29) is 0 Å². The fourth-order valence-corrected chi connectivity index (χ4v) is 2.33. The largest absolute Gasteiger partial charge is 0.497 e. The summed E-state index contributed by atoms with van der Waals surface area (Å²) < 4.78 is 5.20. The summed E-state index contributed by atoms with van der Waals surface area (Å²) >= 11 is 0.